The zero-order chi connectivity index (χ0) is 10.1. The van der Waals surface area contributed by atoms with Gasteiger partial charge in [-0.25, -0.2) is 13.6 Å². The molecule has 0 saturated carbocycles. The lowest BCUT2D eigenvalue weighted by Crippen LogP contribution is -2.23. The molecule has 0 amide bonds. The van der Waals surface area contributed by atoms with Crippen molar-refractivity contribution in [2.24, 2.45) is 0 Å². The molecule has 0 aromatic rings. The second-order valence-electron chi connectivity index (χ2n) is 2.32. The van der Waals surface area contributed by atoms with Crippen LogP contribution >= 0.6 is 0 Å². The van der Waals surface area contributed by atoms with Crippen molar-refractivity contribution in [3.63, 3.8) is 0 Å². The Morgan fingerprint density at radius 1 is 1.62 bits per heavy atom. The first-order valence-electron chi connectivity index (χ1n) is 3.95. The van der Waals surface area contributed by atoms with E-state index in [1.807, 2.05) is 0 Å². The van der Waals surface area contributed by atoms with Gasteiger partial charge in [-0.15, -0.1) is 0 Å². The Morgan fingerprint density at radius 3 is 2.85 bits per heavy atom. The molecular weight excluding hydrogens is 180 g/mol. The standard InChI is InChI=1S/C8H13F2NO2/c1-2-8(12)13-5-3-4-11-6-7(9)10/h2,7,11H,1,3-6H2. The van der Waals surface area contributed by atoms with Crippen LogP contribution in [0.3, 0.4) is 0 Å². The number of alkyl halides is 2. The lowest BCUT2D eigenvalue weighted by atomic mass is 10.4. The van der Waals surface area contributed by atoms with Crippen molar-refractivity contribution in [2.45, 2.75) is 12.8 Å². The molecule has 0 spiro atoms. The molecular formula is C8H13F2NO2. The van der Waals surface area contributed by atoms with Gasteiger partial charge in [0, 0.05) is 6.08 Å². The minimum absolute atomic E-state index is 0.223. The van der Waals surface area contributed by atoms with Crippen LogP contribution in [-0.4, -0.2) is 32.1 Å². The molecule has 0 atom stereocenters. The number of ether oxygens (including phenoxy) is 1. The van der Waals surface area contributed by atoms with E-state index < -0.39 is 12.4 Å². The van der Waals surface area contributed by atoms with Crippen LogP contribution in [0.15, 0.2) is 12.7 Å². The number of esters is 1. The summed E-state index contributed by atoms with van der Waals surface area (Å²) in [7, 11) is 0. The maximum Gasteiger partial charge on any atom is 0.330 e. The summed E-state index contributed by atoms with van der Waals surface area (Å²) in [6.07, 6.45) is -0.755. The van der Waals surface area contributed by atoms with Crippen molar-refractivity contribution >= 4 is 5.97 Å². The van der Waals surface area contributed by atoms with Gasteiger partial charge >= 0.3 is 5.97 Å². The second-order valence-corrected chi connectivity index (χ2v) is 2.32. The molecule has 0 bridgehead atoms. The molecule has 1 N–H and O–H groups in total. The summed E-state index contributed by atoms with van der Waals surface area (Å²) in [6, 6.07) is 0. The van der Waals surface area contributed by atoms with Gasteiger partial charge in [0.15, 0.2) is 0 Å². The zero-order valence-corrected chi connectivity index (χ0v) is 7.26. The first-order valence-corrected chi connectivity index (χ1v) is 3.95. The van der Waals surface area contributed by atoms with E-state index in [9.17, 15) is 13.6 Å². The predicted octanol–water partition coefficient (Wildman–Crippen LogP) is 0.960. The van der Waals surface area contributed by atoms with Crippen LogP contribution in [0.2, 0.25) is 0 Å². The van der Waals surface area contributed by atoms with Gasteiger partial charge in [-0.05, 0) is 13.0 Å². The average molecular weight is 193 g/mol. The van der Waals surface area contributed by atoms with Crippen molar-refractivity contribution in [1.82, 2.24) is 5.32 Å². The minimum Gasteiger partial charge on any atom is -0.462 e. The van der Waals surface area contributed by atoms with E-state index in [0.29, 0.717) is 13.0 Å². The van der Waals surface area contributed by atoms with Gasteiger partial charge in [0.05, 0.1) is 13.2 Å². The molecule has 13 heavy (non-hydrogen) atoms. The zero-order valence-electron chi connectivity index (χ0n) is 7.26. The van der Waals surface area contributed by atoms with Gasteiger partial charge < -0.3 is 10.1 Å². The molecule has 0 aromatic heterocycles. The maximum atomic E-state index is 11.6. The number of nitrogens with one attached hydrogen (secondary N) is 1. The summed E-state index contributed by atoms with van der Waals surface area (Å²) in [5.74, 6) is -0.492. The monoisotopic (exact) mass is 193 g/mol. The second kappa shape index (κ2) is 7.67. The summed E-state index contributed by atoms with van der Waals surface area (Å²) in [5, 5.41) is 2.51. The number of rotatable bonds is 7. The van der Waals surface area contributed by atoms with Gasteiger partial charge in [-0.2, -0.15) is 0 Å². The Hall–Kier alpha value is -0.970. The maximum absolute atomic E-state index is 11.6. The first kappa shape index (κ1) is 12.0. The van der Waals surface area contributed by atoms with E-state index in [1.165, 1.54) is 0 Å². The highest BCUT2D eigenvalue weighted by molar-refractivity contribution is 5.81. The molecule has 0 aliphatic carbocycles. The third-order valence-electron chi connectivity index (χ3n) is 1.21. The Morgan fingerprint density at radius 2 is 2.31 bits per heavy atom. The molecule has 0 aliphatic rings. The van der Waals surface area contributed by atoms with Crippen molar-refractivity contribution in [3.8, 4) is 0 Å². The predicted molar refractivity (Wildman–Crippen MR) is 44.6 cm³/mol. The number of carbonyl (C=O) groups is 1. The van der Waals surface area contributed by atoms with Crippen LogP contribution in [0, 0.1) is 0 Å². The van der Waals surface area contributed by atoms with Crippen molar-refractivity contribution in [1.29, 1.82) is 0 Å². The molecule has 0 rings (SSSR count). The number of carbonyl (C=O) groups excluding carboxylic acids is 1. The summed E-state index contributed by atoms with van der Waals surface area (Å²) in [4.78, 5) is 10.5. The highest BCUT2D eigenvalue weighted by atomic mass is 19.3. The molecule has 76 valence electrons. The van der Waals surface area contributed by atoms with E-state index in [0.717, 1.165) is 6.08 Å². The van der Waals surface area contributed by atoms with Gasteiger partial charge in [-0.1, -0.05) is 6.58 Å². The Kier molecular flexibility index (Phi) is 7.10. The lowest BCUT2D eigenvalue weighted by Gasteiger charge is -2.03. The largest absolute Gasteiger partial charge is 0.462 e. The van der Waals surface area contributed by atoms with E-state index in [4.69, 9.17) is 0 Å². The van der Waals surface area contributed by atoms with Crippen molar-refractivity contribution < 1.29 is 18.3 Å². The van der Waals surface area contributed by atoms with Gasteiger partial charge in [0.2, 0.25) is 0 Å². The third-order valence-corrected chi connectivity index (χ3v) is 1.21. The fourth-order valence-corrected chi connectivity index (χ4v) is 0.640. The van der Waals surface area contributed by atoms with Crippen molar-refractivity contribution in [2.75, 3.05) is 19.7 Å². The third kappa shape index (κ3) is 8.94. The Balaban J connectivity index is 3.08. The minimum atomic E-state index is -2.34. The summed E-state index contributed by atoms with van der Waals surface area (Å²) < 4.78 is 27.7. The Bertz CT molecular complexity index is 162. The highest BCUT2D eigenvalue weighted by Gasteiger charge is 2.00. The smallest absolute Gasteiger partial charge is 0.330 e. The van der Waals surface area contributed by atoms with E-state index in [2.05, 4.69) is 16.6 Å². The van der Waals surface area contributed by atoms with Crippen LogP contribution in [0.4, 0.5) is 8.78 Å². The SMILES string of the molecule is C=CC(=O)OCCCNCC(F)F. The molecule has 3 nitrogen and oxygen atoms in total. The van der Waals surface area contributed by atoms with Crippen LogP contribution in [0.1, 0.15) is 6.42 Å². The molecule has 0 heterocycles. The quantitative estimate of drug-likeness (QED) is 0.372. The molecule has 0 unspecified atom stereocenters. The van der Waals surface area contributed by atoms with E-state index in [-0.39, 0.29) is 13.2 Å². The Labute approximate surface area is 75.8 Å². The molecule has 0 radical (unpaired) electrons. The first-order chi connectivity index (χ1) is 6.16. The summed E-state index contributed by atoms with van der Waals surface area (Å²) in [6.45, 7) is 3.52. The van der Waals surface area contributed by atoms with Gasteiger partial charge in [-0.3, -0.25) is 0 Å². The lowest BCUT2D eigenvalue weighted by molar-refractivity contribution is -0.137. The van der Waals surface area contributed by atoms with Gasteiger partial charge in [0.25, 0.3) is 6.43 Å². The van der Waals surface area contributed by atoms with Gasteiger partial charge in [0.1, 0.15) is 0 Å². The highest BCUT2D eigenvalue weighted by Crippen LogP contribution is 1.88. The molecule has 5 heteroatoms. The topological polar surface area (TPSA) is 38.3 Å². The molecule has 0 saturated heterocycles. The fourth-order valence-electron chi connectivity index (χ4n) is 0.640. The van der Waals surface area contributed by atoms with Crippen LogP contribution < -0.4 is 5.32 Å². The number of hydrogen-bond donors (Lipinski definition) is 1. The van der Waals surface area contributed by atoms with Crippen LogP contribution in [0.25, 0.3) is 0 Å². The number of halogens is 2. The molecule has 0 fully saturated rings. The molecule has 0 aliphatic heterocycles. The molecule has 0 aromatic carbocycles. The fraction of sp³-hybridized carbons (Fsp3) is 0.625. The van der Waals surface area contributed by atoms with E-state index in [1.54, 1.807) is 0 Å². The van der Waals surface area contributed by atoms with Crippen molar-refractivity contribution in [3.05, 3.63) is 12.7 Å². The summed E-state index contributed by atoms with van der Waals surface area (Å²) in [5.41, 5.74) is 0. The normalized spacial score (nSPS) is 10.1. The van der Waals surface area contributed by atoms with Crippen LogP contribution in [-0.2, 0) is 9.53 Å². The van der Waals surface area contributed by atoms with E-state index >= 15 is 0 Å². The number of hydrogen-bond acceptors (Lipinski definition) is 3. The van der Waals surface area contributed by atoms with Crippen LogP contribution in [0.5, 0.6) is 0 Å². The summed E-state index contributed by atoms with van der Waals surface area (Å²) >= 11 is 0. The average Bonchev–Trinajstić information content (AvgIpc) is 2.10.